The predicted octanol–water partition coefficient (Wildman–Crippen LogP) is 1.78. The van der Waals surface area contributed by atoms with Crippen molar-refractivity contribution in [3.8, 4) is 5.75 Å². The van der Waals surface area contributed by atoms with Crippen LogP contribution in [0.25, 0.3) is 0 Å². The Balaban J connectivity index is 1.59. The van der Waals surface area contributed by atoms with E-state index in [4.69, 9.17) is 4.74 Å². The highest BCUT2D eigenvalue weighted by atomic mass is 32.2. The number of ether oxygens (including phenoxy) is 1. The van der Waals surface area contributed by atoms with Gasteiger partial charge in [-0.1, -0.05) is 18.2 Å². The molecule has 1 aliphatic heterocycles. The minimum atomic E-state index is -3.56. The Bertz CT molecular complexity index is 864. The molecule has 25 heavy (non-hydrogen) atoms. The van der Waals surface area contributed by atoms with E-state index >= 15 is 0 Å². The van der Waals surface area contributed by atoms with Crippen LogP contribution in [0.1, 0.15) is 12.0 Å². The van der Waals surface area contributed by atoms with Crippen molar-refractivity contribution in [3.05, 3.63) is 54.1 Å². The molecule has 1 heterocycles. The van der Waals surface area contributed by atoms with Crippen molar-refractivity contribution in [1.82, 2.24) is 0 Å². The molecule has 0 radical (unpaired) electrons. The molecule has 1 aliphatic rings. The lowest BCUT2D eigenvalue weighted by atomic mass is 10.0. The minimum absolute atomic E-state index is 0.0114. The highest BCUT2D eigenvalue weighted by molar-refractivity contribution is 7.91. The Morgan fingerprint density at radius 3 is 2.64 bits per heavy atom. The Labute approximate surface area is 146 Å². The number of benzene rings is 2. The predicted molar refractivity (Wildman–Crippen MR) is 93.4 cm³/mol. The number of hydrogen-bond donors (Lipinski definition) is 2. The summed E-state index contributed by atoms with van der Waals surface area (Å²) in [4.78, 5) is 11.5. The summed E-state index contributed by atoms with van der Waals surface area (Å²) >= 11 is 0. The number of sulfone groups is 1. The summed E-state index contributed by atoms with van der Waals surface area (Å²) in [7, 11) is -3.56. The lowest BCUT2D eigenvalue weighted by Crippen LogP contribution is -2.27. The normalized spacial score (nSPS) is 15.2. The van der Waals surface area contributed by atoms with Crippen LogP contribution in [0, 0.1) is 0 Å². The van der Waals surface area contributed by atoms with Gasteiger partial charge in [0.25, 0.3) is 0 Å². The molecular weight excluding hydrogens is 342 g/mol. The van der Waals surface area contributed by atoms with Crippen LogP contribution in [0.3, 0.4) is 0 Å². The highest BCUT2D eigenvalue weighted by Crippen LogP contribution is 2.26. The molecular formula is C18H19NO5S. The van der Waals surface area contributed by atoms with E-state index in [2.05, 4.69) is 5.32 Å². The van der Waals surface area contributed by atoms with Gasteiger partial charge >= 0.3 is 0 Å². The smallest absolute Gasteiger partial charge is 0.224 e. The lowest BCUT2D eigenvalue weighted by Gasteiger charge is -2.18. The summed E-state index contributed by atoms with van der Waals surface area (Å²) in [6.45, 7) is -0.128. The van der Waals surface area contributed by atoms with Crippen LogP contribution in [0.5, 0.6) is 5.75 Å². The first-order valence-corrected chi connectivity index (χ1v) is 9.61. The number of carbonyl (C=O) groups is 1. The summed E-state index contributed by atoms with van der Waals surface area (Å²) in [5, 5.41) is 12.8. The summed E-state index contributed by atoms with van der Waals surface area (Å²) in [5.41, 5.74) is 1.72. The molecule has 0 bridgehead atoms. The molecule has 2 aromatic carbocycles. The zero-order chi connectivity index (χ0) is 17.9. The largest absolute Gasteiger partial charge is 0.491 e. The molecule has 1 amide bonds. The fourth-order valence-corrected chi connectivity index (χ4v) is 4.03. The van der Waals surface area contributed by atoms with Gasteiger partial charge in [-0.25, -0.2) is 8.42 Å². The van der Waals surface area contributed by atoms with Gasteiger partial charge in [0, 0.05) is 12.1 Å². The fourth-order valence-electron chi connectivity index (χ4n) is 2.67. The average Bonchev–Trinajstić information content (AvgIpc) is 2.60. The van der Waals surface area contributed by atoms with E-state index in [1.807, 2.05) is 0 Å². The van der Waals surface area contributed by atoms with Crippen LogP contribution in [0.2, 0.25) is 0 Å². The summed E-state index contributed by atoms with van der Waals surface area (Å²) in [6, 6.07) is 13.2. The molecule has 132 valence electrons. The second kappa shape index (κ2) is 7.25. The number of hydrogen-bond acceptors (Lipinski definition) is 5. The van der Waals surface area contributed by atoms with Crippen molar-refractivity contribution in [1.29, 1.82) is 0 Å². The van der Waals surface area contributed by atoms with Crippen LogP contribution < -0.4 is 10.1 Å². The van der Waals surface area contributed by atoms with E-state index in [0.29, 0.717) is 18.6 Å². The zero-order valence-corrected chi connectivity index (χ0v) is 14.3. The van der Waals surface area contributed by atoms with Crippen molar-refractivity contribution in [2.45, 2.75) is 23.8 Å². The number of aliphatic hydroxyl groups excluding tert-OH is 1. The van der Waals surface area contributed by atoms with E-state index in [0.717, 1.165) is 11.3 Å². The zero-order valence-electron chi connectivity index (χ0n) is 13.5. The first-order chi connectivity index (χ1) is 11.9. The molecule has 0 aromatic heterocycles. The number of aliphatic hydroxyl groups is 1. The molecule has 2 N–H and O–H groups in total. The second-order valence-electron chi connectivity index (χ2n) is 5.93. The van der Waals surface area contributed by atoms with Crippen molar-refractivity contribution < 1.29 is 23.1 Å². The molecule has 6 nitrogen and oxygen atoms in total. The van der Waals surface area contributed by atoms with Gasteiger partial charge in [0.05, 0.1) is 10.6 Å². The van der Waals surface area contributed by atoms with E-state index in [9.17, 15) is 18.3 Å². The van der Waals surface area contributed by atoms with Crippen LogP contribution in [0.4, 0.5) is 5.69 Å². The van der Waals surface area contributed by atoms with Crippen molar-refractivity contribution in [2.24, 2.45) is 0 Å². The first-order valence-electron chi connectivity index (χ1n) is 7.95. The third-order valence-electron chi connectivity index (χ3n) is 3.93. The molecule has 2 aromatic rings. The van der Waals surface area contributed by atoms with Gasteiger partial charge in [-0.05, 0) is 42.3 Å². The van der Waals surface area contributed by atoms with Gasteiger partial charge in [0.15, 0.2) is 9.84 Å². The molecule has 3 rings (SSSR count). The van der Waals surface area contributed by atoms with Gasteiger partial charge in [-0.2, -0.15) is 0 Å². The maximum atomic E-state index is 12.2. The van der Waals surface area contributed by atoms with Crippen molar-refractivity contribution in [3.63, 3.8) is 0 Å². The second-order valence-corrected chi connectivity index (χ2v) is 7.96. The third-order valence-corrected chi connectivity index (χ3v) is 5.74. The first kappa shape index (κ1) is 17.4. The van der Waals surface area contributed by atoms with Crippen LogP contribution >= 0.6 is 0 Å². The standard InChI is InChI=1S/C18H19NO5S/c20-14(12-25(22,23)16-4-2-1-3-5-16)11-24-15-7-8-17-13(10-15)6-9-18(21)19-17/h1-5,7-8,10,14,20H,6,9,11-12H2,(H,19,21). The van der Waals surface area contributed by atoms with Crippen molar-refractivity contribution >= 4 is 21.4 Å². The topological polar surface area (TPSA) is 92.7 Å². The van der Waals surface area contributed by atoms with E-state index in [1.54, 1.807) is 36.4 Å². The van der Waals surface area contributed by atoms with Crippen LogP contribution in [-0.4, -0.2) is 37.9 Å². The molecule has 7 heteroatoms. The average molecular weight is 361 g/mol. The van der Waals surface area contributed by atoms with Gasteiger partial charge in [0.2, 0.25) is 5.91 Å². The van der Waals surface area contributed by atoms with Crippen LogP contribution in [-0.2, 0) is 21.1 Å². The van der Waals surface area contributed by atoms with E-state index in [1.165, 1.54) is 12.1 Å². The van der Waals surface area contributed by atoms with Gasteiger partial charge in [0.1, 0.15) is 18.5 Å². The monoisotopic (exact) mass is 361 g/mol. The Hall–Kier alpha value is -2.38. The SMILES string of the molecule is O=C1CCc2cc(OCC(O)CS(=O)(=O)c3ccccc3)ccc2N1. The number of aryl methyl sites for hydroxylation is 1. The Morgan fingerprint density at radius 1 is 1.12 bits per heavy atom. The van der Waals surface area contributed by atoms with Gasteiger partial charge in [-0.15, -0.1) is 0 Å². The van der Waals surface area contributed by atoms with Crippen molar-refractivity contribution in [2.75, 3.05) is 17.7 Å². The third kappa shape index (κ3) is 4.37. The van der Waals surface area contributed by atoms with Crippen LogP contribution in [0.15, 0.2) is 53.4 Å². The van der Waals surface area contributed by atoms with Gasteiger partial charge < -0.3 is 15.2 Å². The quantitative estimate of drug-likeness (QED) is 0.818. The lowest BCUT2D eigenvalue weighted by molar-refractivity contribution is -0.116. The number of amides is 1. The molecule has 0 fully saturated rings. The summed E-state index contributed by atoms with van der Waals surface area (Å²) < 4.78 is 30.0. The molecule has 1 atom stereocenters. The minimum Gasteiger partial charge on any atom is -0.491 e. The summed E-state index contributed by atoms with van der Waals surface area (Å²) in [5.74, 6) is 0.117. The molecule has 0 saturated carbocycles. The number of rotatable bonds is 6. The number of fused-ring (bicyclic) bond motifs is 1. The molecule has 0 saturated heterocycles. The maximum Gasteiger partial charge on any atom is 0.224 e. The number of nitrogens with one attached hydrogen (secondary N) is 1. The maximum absolute atomic E-state index is 12.2. The number of anilines is 1. The fraction of sp³-hybridized carbons (Fsp3) is 0.278. The van der Waals surface area contributed by atoms with E-state index in [-0.39, 0.29) is 17.4 Å². The molecule has 0 aliphatic carbocycles. The molecule has 0 spiro atoms. The Morgan fingerprint density at radius 2 is 1.88 bits per heavy atom. The molecule has 1 unspecified atom stereocenters. The Kier molecular flexibility index (Phi) is 5.06. The highest BCUT2D eigenvalue weighted by Gasteiger charge is 2.20. The number of carbonyl (C=O) groups excluding carboxylic acids is 1. The van der Waals surface area contributed by atoms with Gasteiger partial charge in [-0.3, -0.25) is 4.79 Å². The van der Waals surface area contributed by atoms with E-state index < -0.39 is 21.7 Å². The summed E-state index contributed by atoms with van der Waals surface area (Å²) in [6.07, 6.45) is -0.0847.